The van der Waals surface area contributed by atoms with E-state index in [2.05, 4.69) is 59.1 Å². The van der Waals surface area contributed by atoms with Crippen LogP contribution in [0.25, 0.3) is 22.1 Å². The van der Waals surface area contributed by atoms with Crippen LogP contribution in [0.1, 0.15) is 94.7 Å². The van der Waals surface area contributed by atoms with Crippen LogP contribution in [0.3, 0.4) is 0 Å². The van der Waals surface area contributed by atoms with Crippen LogP contribution in [-0.2, 0) is 55.7 Å². The van der Waals surface area contributed by atoms with Crippen LogP contribution in [0.4, 0.5) is 69.8 Å². The Kier molecular flexibility index (Phi) is 19.8. The molecule has 8 rings (SSSR count). The molecule has 6 aromatic rings. The first-order valence-corrected chi connectivity index (χ1v) is 27.9. The number of anilines is 2. The van der Waals surface area contributed by atoms with Gasteiger partial charge in [0.25, 0.3) is 20.2 Å². The number of halogens is 8. The topological polar surface area (TPSA) is 231 Å². The zero-order valence-corrected chi connectivity index (χ0v) is 45.0. The quantitative estimate of drug-likeness (QED) is 0.0140. The van der Waals surface area contributed by atoms with E-state index in [0.29, 0.717) is 36.5 Å². The molecule has 0 atom stereocenters. The number of rotatable bonds is 20. The number of hydrogen-bond acceptors (Lipinski definition) is 14. The number of aryl methyl sites for hydroxylation is 1. The number of fused-ring (bicyclic) bond motifs is 2. The summed E-state index contributed by atoms with van der Waals surface area (Å²) < 4.78 is 179. The summed E-state index contributed by atoms with van der Waals surface area (Å²) in [6.45, 7) is 7.18. The van der Waals surface area contributed by atoms with E-state index >= 15 is 0 Å². The molecule has 2 aromatic heterocycles. The molecule has 0 saturated heterocycles. The van der Waals surface area contributed by atoms with E-state index < -0.39 is 60.1 Å². The molecule has 422 valence electrons. The fraction of sp³-hybridized carbons (Fsp3) is 0.458. The van der Waals surface area contributed by atoms with Crippen LogP contribution in [0.5, 0.6) is 5.75 Å². The number of aromatic nitrogens is 4. The first-order chi connectivity index (χ1) is 35.8. The van der Waals surface area contributed by atoms with Crippen molar-refractivity contribution in [2.75, 3.05) is 43.1 Å². The minimum absolute atomic E-state index is 0. The van der Waals surface area contributed by atoms with Crippen LogP contribution in [0.15, 0.2) is 89.7 Å². The SMILES string of the molecule is CCCCCCN(CCCCCC)c1cc(S(=O)(=O)O)c(N=Nc2nc3ccc(SC(F)(F)C(F)(F)F)cc3[nH]2)cc1OC.O=S(=O)(O)c1c(N=Nc2nc3ccc(C(F)(F)F)cc3[nH]2)cc2c3c1CCCN3CCC2.[Ni]. The number of alkyl halides is 8. The summed E-state index contributed by atoms with van der Waals surface area (Å²) in [5.74, 6) is 0.0605. The first-order valence-electron chi connectivity index (χ1n) is 24.2. The van der Waals surface area contributed by atoms with Gasteiger partial charge in [0.2, 0.25) is 11.9 Å². The second-order valence-corrected chi connectivity index (χ2v) is 21.9. The third kappa shape index (κ3) is 15.0. The molecular weight excluding hydrogens is 1140 g/mol. The van der Waals surface area contributed by atoms with Gasteiger partial charge in [0.15, 0.2) is 0 Å². The number of ether oxygens (including phenoxy) is 1. The summed E-state index contributed by atoms with van der Waals surface area (Å²) in [6.07, 6.45) is 0.705. The maximum absolute atomic E-state index is 13.5. The number of thioether (sulfide) groups is 1. The molecule has 77 heavy (non-hydrogen) atoms. The summed E-state index contributed by atoms with van der Waals surface area (Å²) in [4.78, 5) is 16.5. The number of H-pyrrole nitrogens is 2. The molecule has 0 radical (unpaired) electrons. The second kappa shape index (κ2) is 25.1. The Bertz CT molecular complexity index is 3330. The van der Waals surface area contributed by atoms with Crippen LogP contribution < -0.4 is 14.5 Å². The largest absolute Gasteiger partial charge is 0.495 e. The first kappa shape index (κ1) is 60.7. The number of methoxy groups -OCH3 is 1. The van der Waals surface area contributed by atoms with Crippen molar-refractivity contribution in [3.8, 4) is 5.75 Å². The predicted molar refractivity (Wildman–Crippen MR) is 271 cm³/mol. The van der Waals surface area contributed by atoms with Crippen molar-refractivity contribution in [3.63, 3.8) is 0 Å². The molecular formula is C48H54F8N10NiO7S3. The number of unbranched alkanes of at least 4 members (excludes halogenated alkanes) is 6. The Morgan fingerprint density at radius 1 is 0.714 bits per heavy atom. The number of benzene rings is 4. The monoisotopic (exact) mass is 1190 g/mol. The summed E-state index contributed by atoms with van der Waals surface area (Å²) in [7, 11) is -7.93. The van der Waals surface area contributed by atoms with E-state index in [-0.39, 0.29) is 71.6 Å². The molecule has 0 spiro atoms. The molecule has 4 N–H and O–H groups in total. The molecule has 0 fully saturated rings. The Labute approximate surface area is 452 Å². The number of azo groups is 2. The molecule has 0 amide bonds. The number of nitrogens with zero attached hydrogens (tertiary/aromatic N) is 8. The summed E-state index contributed by atoms with van der Waals surface area (Å²) in [6, 6.07) is 10.6. The number of hydrogen-bond donors (Lipinski definition) is 4. The average Bonchev–Trinajstić information content (AvgIpc) is 3.96. The molecule has 2 aliphatic rings. The molecule has 4 aromatic carbocycles. The van der Waals surface area contributed by atoms with Crippen LogP contribution in [0.2, 0.25) is 0 Å². The van der Waals surface area contributed by atoms with Crippen LogP contribution >= 0.6 is 11.8 Å². The Hall–Kier alpha value is -5.48. The van der Waals surface area contributed by atoms with Gasteiger partial charge in [-0.2, -0.15) is 52.0 Å². The molecule has 2 aliphatic heterocycles. The van der Waals surface area contributed by atoms with E-state index in [9.17, 15) is 61.1 Å². The third-order valence-corrected chi connectivity index (χ3v) is 15.3. The van der Waals surface area contributed by atoms with Crippen molar-refractivity contribution in [1.29, 1.82) is 0 Å². The zero-order valence-electron chi connectivity index (χ0n) is 41.6. The van der Waals surface area contributed by atoms with E-state index in [4.69, 9.17) is 4.74 Å². The fourth-order valence-electron chi connectivity index (χ4n) is 8.94. The molecule has 4 heterocycles. The molecule has 0 aliphatic carbocycles. The average molecular weight is 1190 g/mol. The van der Waals surface area contributed by atoms with Gasteiger partial charge in [-0.25, -0.2) is 9.97 Å². The standard InChI is InChI=1S/C28H36F5N5O4S2.C20H18F3N5O3S.Ni/c1-4-6-8-10-14-38(15-11-9-7-5-2)23-18-25(44(39,40)41)22(17-24(23)42-3)36-37-26-34-20-13-12-19(16-21(20)35-26)43-28(32,33)27(29,30)31;21-20(22,23)12-5-6-14-15(10-12)25-19(24-14)27-26-16-9-11-3-1-7-28-8-2-4-13(17(11)28)18(16)32(29,30)31;/h12-13,16-18H,4-11,14-15H2,1-3H3,(H,34,35)(H,39,40,41);5-6,9-10H,1-4,7-8H2,(H,24,25)(H,29,30,31);. The van der Waals surface area contributed by atoms with Gasteiger partial charge in [-0.15, -0.1) is 20.5 Å². The Balaban J connectivity index is 0.000000257. The van der Waals surface area contributed by atoms with Crippen LogP contribution in [-0.4, -0.2) is 90.6 Å². The normalized spacial score (nSPS) is 14.3. The van der Waals surface area contributed by atoms with Gasteiger partial charge in [0.05, 0.1) is 40.4 Å². The van der Waals surface area contributed by atoms with E-state index in [1.165, 1.54) is 31.4 Å². The number of imidazole rings is 2. The van der Waals surface area contributed by atoms with E-state index in [1.807, 2.05) is 4.90 Å². The second-order valence-electron chi connectivity index (χ2n) is 18.0. The summed E-state index contributed by atoms with van der Waals surface area (Å²) in [5.41, 5.74) is 2.40. The number of aromatic amines is 2. The van der Waals surface area contributed by atoms with Crippen molar-refractivity contribution in [3.05, 3.63) is 71.3 Å². The molecule has 17 nitrogen and oxygen atoms in total. The van der Waals surface area contributed by atoms with Crippen molar-refractivity contribution >= 4 is 88.7 Å². The maximum Gasteiger partial charge on any atom is 0.464 e. The van der Waals surface area contributed by atoms with Crippen molar-refractivity contribution < 1.29 is 82.3 Å². The van der Waals surface area contributed by atoms with Crippen LogP contribution in [0, 0.1) is 0 Å². The molecule has 0 unspecified atom stereocenters. The minimum Gasteiger partial charge on any atom is -0.495 e. The zero-order chi connectivity index (χ0) is 55.2. The van der Waals surface area contributed by atoms with Gasteiger partial charge in [0, 0.05) is 59.3 Å². The van der Waals surface area contributed by atoms with Gasteiger partial charge in [0.1, 0.15) is 26.9 Å². The Morgan fingerprint density at radius 2 is 1.29 bits per heavy atom. The van der Waals surface area contributed by atoms with Gasteiger partial charge >= 0.3 is 17.6 Å². The summed E-state index contributed by atoms with van der Waals surface area (Å²) in [5, 5.41) is 10.8. The predicted octanol–water partition coefficient (Wildman–Crippen LogP) is 14.4. The molecule has 0 bridgehead atoms. The van der Waals surface area contributed by atoms with Gasteiger partial charge in [-0.3, -0.25) is 9.11 Å². The van der Waals surface area contributed by atoms with Gasteiger partial charge < -0.3 is 24.5 Å². The molecule has 0 saturated carbocycles. The molecule has 29 heteroatoms. The van der Waals surface area contributed by atoms with Crippen molar-refractivity contribution in [2.45, 2.75) is 123 Å². The van der Waals surface area contributed by atoms with E-state index in [1.54, 1.807) is 6.07 Å². The van der Waals surface area contributed by atoms with Gasteiger partial charge in [-0.05, 0) is 110 Å². The van der Waals surface area contributed by atoms with E-state index in [0.717, 1.165) is 119 Å². The number of nitrogens with one attached hydrogen (secondary N) is 2. The third-order valence-electron chi connectivity index (χ3n) is 12.5. The summed E-state index contributed by atoms with van der Waals surface area (Å²) >= 11 is -0.659. The van der Waals surface area contributed by atoms with Crippen molar-refractivity contribution in [1.82, 2.24) is 19.9 Å². The minimum atomic E-state index is -5.73. The Morgan fingerprint density at radius 3 is 1.83 bits per heavy atom. The van der Waals surface area contributed by atoms with Gasteiger partial charge in [-0.1, -0.05) is 52.4 Å². The smallest absolute Gasteiger partial charge is 0.464 e. The fourth-order valence-corrected chi connectivity index (χ4v) is 11.2. The van der Waals surface area contributed by atoms with Crippen molar-refractivity contribution in [2.24, 2.45) is 20.5 Å². The maximum atomic E-state index is 13.5.